The molecule has 5 nitrogen and oxygen atoms in total. The summed E-state index contributed by atoms with van der Waals surface area (Å²) in [6.07, 6.45) is 4.26. The van der Waals surface area contributed by atoms with E-state index in [1.165, 1.54) is 16.7 Å². The van der Waals surface area contributed by atoms with Crippen LogP contribution < -0.4 is 5.32 Å². The van der Waals surface area contributed by atoms with Gasteiger partial charge in [-0.25, -0.2) is 0 Å². The molecule has 0 bridgehead atoms. The van der Waals surface area contributed by atoms with Gasteiger partial charge in [0, 0.05) is 17.4 Å². The van der Waals surface area contributed by atoms with Crippen molar-refractivity contribution in [3.63, 3.8) is 0 Å². The van der Waals surface area contributed by atoms with Crippen LogP contribution in [0.3, 0.4) is 0 Å². The highest BCUT2D eigenvalue weighted by atomic mass is 32.2. The maximum atomic E-state index is 12.7. The molecule has 3 aromatic rings. The number of hydrogen-bond donors (Lipinski definition) is 1. The van der Waals surface area contributed by atoms with Gasteiger partial charge in [-0.3, -0.25) is 9.36 Å². The molecular weight excluding hydrogens is 404 g/mol. The molecule has 1 saturated carbocycles. The summed E-state index contributed by atoms with van der Waals surface area (Å²) in [6.45, 7) is 6.18. The summed E-state index contributed by atoms with van der Waals surface area (Å²) in [5, 5.41) is 13.0. The zero-order valence-corrected chi connectivity index (χ0v) is 19.3. The Kier molecular flexibility index (Phi) is 6.76. The van der Waals surface area contributed by atoms with Crippen molar-refractivity contribution in [1.82, 2.24) is 20.1 Å². The fraction of sp³-hybridized carbons (Fsp3) is 0.400. The second-order valence-electron chi connectivity index (χ2n) is 8.50. The molecule has 0 aliphatic heterocycles. The maximum Gasteiger partial charge on any atom is 0.223 e. The van der Waals surface area contributed by atoms with Crippen LogP contribution in [0.5, 0.6) is 0 Å². The van der Waals surface area contributed by atoms with E-state index in [1.54, 1.807) is 11.8 Å². The normalized spacial score (nSPS) is 15.2. The fourth-order valence-electron chi connectivity index (χ4n) is 4.13. The molecule has 4 rings (SSSR count). The zero-order chi connectivity index (χ0) is 21.8. The monoisotopic (exact) mass is 434 g/mol. The minimum absolute atomic E-state index is 0.133. The minimum atomic E-state index is -0.213. The second kappa shape index (κ2) is 9.69. The third-order valence-corrected chi connectivity index (χ3v) is 6.87. The highest BCUT2D eigenvalue weighted by molar-refractivity contribution is 7.98. The van der Waals surface area contributed by atoms with Gasteiger partial charge in [-0.05, 0) is 51.3 Å². The van der Waals surface area contributed by atoms with E-state index in [0.29, 0.717) is 0 Å². The van der Waals surface area contributed by atoms with Crippen LogP contribution in [0, 0.1) is 19.8 Å². The topological polar surface area (TPSA) is 59.8 Å². The van der Waals surface area contributed by atoms with E-state index in [2.05, 4.69) is 82.5 Å². The van der Waals surface area contributed by atoms with Crippen LogP contribution in [0.2, 0.25) is 0 Å². The molecular formula is C25H30N4OS. The van der Waals surface area contributed by atoms with Crippen molar-refractivity contribution >= 4 is 17.7 Å². The predicted molar refractivity (Wildman–Crippen MR) is 125 cm³/mol. The van der Waals surface area contributed by atoms with Crippen LogP contribution in [0.4, 0.5) is 0 Å². The van der Waals surface area contributed by atoms with E-state index in [-0.39, 0.29) is 17.9 Å². The highest BCUT2D eigenvalue weighted by Gasteiger charge is 2.26. The van der Waals surface area contributed by atoms with Gasteiger partial charge in [0.2, 0.25) is 5.91 Å². The smallest absolute Gasteiger partial charge is 0.223 e. The third kappa shape index (κ3) is 5.18. The first kappa shape index (κ1) is 21.6. The van der Waals surface area contributed by atoms with Crippen molar-refractivity contribution in [2.24, 2.45) is 5.92 Å². The third-order valence-electron chi connectivity index (χ3n) is 5.87. The van der Waals surface area contributed by atoms with Gasteiger partial charge in [0.25, 0.3) is 0 Å². The Labute approximate surface area is 188 Å². The van der Waals surface area contributed by atoms with Gasteiger partial charge in [-0.2, -0.15) is 0 Å². The van der Waals surface area contributed by atoms with Crippen LogP contribution >= 0.6 is 11.8 Å². The molecule has 6 heteroatoms. The van der Waals surface area contributed by atoms with Gasteiger partial charge in [0.1, 0.15) is 0 Å². The summed E-state index contributed by atoms with van der Waals surface area (Å²) in [4.78, 5) is 12.7. The largest absolute Gasteiger partial charge is 0.346 e. The van der Waals surface area contributed by atoms with E-state index in [9.17, 15) is 4.79 Å². The molecule has 162 valence electrons. The number of aromatic nitrogens is 3. The molecule has 1 aromatic heterocycles. The van der Waals surface area contributed by atoms with Crippen LogP contribution in [0.1, 0.15) is 61.2 Å². The first-order valence-corrected chi connectivity index (χ1v) is 12.0. The Morgan fingerprint density at radius 2 is 1.84 bits per heavy atom. The molecule has 0 saturated heterocycles. The molecule has 1 aliphatic carbocycles. The first-order valence-electron chi connectivity index (χ1n) is 11.0. The molecule has 1 amide bonds. The lowest BCUT2D eigenvalue weighted by atomic mass is 10.1. The Morgan fingerprint density at radius 3 is 2.55 bits per heavy atom. The summed E-state index contributed by atoms with van der Waals surface area (Å²) in [7, 11) is 0. The number of carbonyl (C=O) groups is 1. The molecule has 1 aliphatic rings. The Hall–Kier alpha value is -2.60. The van der Waals surface area contributed by atoms with Crippen LogP contribution in [0.15, 0.2) is 53.7 Å². The lowest BCUT2D eigenvalue weighted by Gasteiger charge is -2.18. The highest BCUT2D eigenvalue weighted by Crippen LogP contribution is 2.29. The number of amides is 1. The maximum absolute atomic E-state index is 12.7. The number of nitrogens with zero attached hydrogens (tertiary/aromatic N) is 3. The number of nitrogens with one attached hydrogen (secondary N) is 1. The molecule has 1 fully saturated rings. The minimum Gasteiger partial charge on any atom is -0.346 e. The van der Waals surface area contributed by atoms with Gasteiger partial charge >= 0.3 is 0 Å². The van der Waals surface area contributed by atoms with Gasteiger partial charge in [0.05, 0.1) is 6.04 Å². The second-order valence-corrected chi connectivity index (χ2v) is 9.44. The fourth-order valence-corrected chi connectivity index (χ4v) is 5.03. The molecule has 1 heterocycles. The van der Waals surface area contributed by atoms with Gasteiger partial charge in [-0.15, -0.1) is 10.2 Å². The Balaban J connectivity index is 1.59. The lowest BCUT2D eigenvalue weighted by Crippen LogP contribution is -2.33. The number of carbonyl (C=O) groups excluding carboxylic acids is 1. The van der Waals surface area contributed by atoms with Gasteiger partial charge in [0.15, 0.2) is 11.0 Å². The van der Waals surface area contributed by atoms with E-state index in [0.717, 1.165) is 48.1 Å². The number of benzene rings is 2. The van der Waals surface area contributed by atoms with Gasteiger partial charge in [-0.1, -0.05) is 72.1 Å². The summed E-state index contributed by atoms with van der Waals surface area (Å²) >= 11 is 1.67. The number of thioether (sulfide) groups is 1. The van der Waals surface area contributed by atoms with E-state index in [1.807, 2.05) is 6.92 Å². The Morgan fingerprint density at radius 1 is 1.10 bits per heavy atom. The van der Waals surface area contributed by atoms with Crippen molar-refractivity contribution in [1.29, 1.82) is 0 Å². The molecule has 1 atom stereocenters. The molecule has 1 N–H and O–H groups in total. The standard InChI is InChI=1S/C25H30N4OS/c1-17-11-13-22(14-12-17)29-23(19(3)26-24(30)21-9-4-5-10-21)27-28-25(29)31-16-20-8-6-7-18(2)15-20/h6-8,11-15,19,21H,4-5,9-10,16H2,1-3H3,(H,26,30). The number of aryl methyl sites for hydroxylation is 2. The van der Waals surface area contributed by atoms with Crippen LogP contribution in [-0.4, -0.2) is 20.7 Å². The summed E-state index contributed by atoms with van der Waals surface area (Å²) in [6, 6.07) is 16.7. The van der Waals surface area contributed by atoms with Crippen LogP contribution in [-0.2, 0) is 10.5 Å². The summed E-state index contributed by atoms with van der Waals surface area (Å²) < 4.78 is 2.08. The average Bonchev–Trinajstić information content (AvgIpc) is 3.43. The van der Waals surface area contributed by atoms with E-state index < -0.39 is 0 Å². The summed E-state index contributed by atoms with van der Waals surface area (Å²) in [5.41, 5.74) is 4.73. The number of hydrogen-bond acceptors (Lipinski definition) is 4. The predicted octanol–water partition coefficient (Wildman–Crippen LogP) is 5.54. The van der Waals surface area contributed by atoms with Crippen LogP contribution in [0.25, 0.3) is 5.69 Å². The van der Waals surface area contributed by atoms with Crippen molar-refractivity contribution < 1.29 is 4.79 Å². The van der Waals surface area contributed by atoms with Gasteiger partial charge < -0.3 is 5.32 Å². The molecule has 1 unspecified atom stereocenters. The zero-order valence-electron chi connectivity index (χ0n) is 18.5. The lowest BCUT2D eigenvalue weighted by molar-refractivity contribution is -0.125. The Bertz CT molecular complexity index is 1040. The van der Waals surface area contributed by atoms with E-state index in [4.69, 9.17) is 0 Å². The quantitative estimate of drug-likeness (QED) is 0.496. The summed E-state index contributed by atoms with van der Waals surface area (Å²) in [5.74, 6) is 1.85. The molecule has 31 heavy (non-hydrogen) atoms. The molecule has 2 aromatic carbocycles. The molecule has 0 radical (unpaired) electrons. The molecule has 0 spiro atoms. The first-order chi connectivity index (χ1) is 15.0. The van der Waals surface area contributed by atoms with E-state index >= 15 is 0 Å². The number of rotatable bonds is 7. The average molecular weight is 435 g/mol. The van der Waals surface area contributed by atoms with Crippen molar-refractivity contribution in [3.8, 4) is 5.69 Å². The van der Waals surface area contributed by atoms with Crippen molar-refractivity contribution in [2.45, 2.75) is 63.4 Å². The SMILES string of the molecule is Cc1ccc(-n2c(SCc3cccc(C)c3)nnc2C(C)NC(=O)C2CCCC2)cc1. The van der Waals surface area contributed by atoms with Crippen molar-refractivity contribution in [2.75, 3.05) is 0 Å². The van der Waals surface area contributed by atoms with Crippen molar-refractivity contribution in [3.05, 3.63) is 71.0 Å².